The molecule has 0 bridgehead atoms. The molecule has 23 heavy (non-hydrogen) atoms. The number of aliphatic hydroxyl groups is 1. The molecule has 0 saturated carbocycles. The SMILES string of the molecule is CC(/C=C1\SC(=S)N([C@H](CO)C(=O)O)C1=O)=C\c1ccccc1. The van der Waals surface area contributed by atoms with Gasteiger partial charge in [0.1, 0.15) is 4.32 Å². The van der Waals surface area contributed by atoms with Crippen molar-refractivity contribution in [3.63, 3.8) is 0 Å². The second-order valence-corrected chi connectivity index (χ2v) is 6.56. The molecule has 7 heteroatoms. The molecule has 1 amide bonds. The molecule has 1 saturated heterocycles. The number of nitrogens with zero attached hydrogens (tertiary/aromatic N) is 1. The average molecular weight is 349 g/mol. The van der Waals surface area contributed by atoms with Crippen molar-refractivity contribution in [1.82, 2.24) is 4.90 Å². The lowest BCUT2D eigenvalue weighted by Gasteiger charge is -2.20. The number of thioether (sulfide) groups is 1. The lowest BCUT2D eigenvalue weighted by molar-refractivity contribution is -0.146. The molecule has 0 spiro atoms. The van der Waals surface area contributed by atoms with Crippen LogP contribution in [0.3, 0.4) is 0 Å². The Morgan fingerprint density at radius 3 is 2.61 bits per heavy atom. The van der Waals surface area contributed by atoms with Gasteiger partial charge >= 0.3 is 5.97 Å². The van der Waals surface area contributed by atoms with E-state index in [2.05, 4.69) is 0 Å². The Morgan fingerprint density at radius 2 is 2.04 bits per heavy atom. The van der Waals surface area contributed by atoms with Crippen LogP contribution < -0.4 is 0 Å². The van der Waals surface area contributed by atoms with Gasteiger partial charge in [-0.25, -0.2) is 4.79 Å². The summed E-state index contributed by atoms with van der Waals surface area (Å²) >= 11 is 6.11. The Kier molecular flexibility index (Phi) is 5.70. The summed E-state index contributed by atoms with van der Waals surface area (Å²) in [7, 11) is 0. The fraction of sp³-hybridized carbons (Fsp3) is 0.188. The van der Waals surface area contributed by atoms with Crippen LogP contribution in [0.2, 0.25) is 0 Å². The van der Waals surface area contributed by atoms with Crippen molar-refractivity contribution in [1.29, 1.82) is 0 Å². The molecule has 1 aliphatic rings. The van der Waals surface area contributed by atoms with E-state index in [4.69, 9.17) is 17.3 Å². The first-order chi connectivity index (χ1) is 10.9. The highest BCUT2D eigenvalue weighted by Gasteiger charge is 2.40. The zero-order valence-corrected chi connectivity index (χ0v) is 13.9. The number of amides is 1. The lowest BCUT2D eigenvalue weighted by Crippen LogP contribution is -2.46. The first-order valence-corrected chi connectivity index (χ1v) is 8.00. The largest absolute Gasteiger partial charge is 0.480 e. The summed E-state index contributed by atoms with van der Waals surface area (Å²) in [5, 5.41) is 18.3. The Labute approximate surface area is 143 Å². The van der Waals surface area contributed by atoms with Crippen LogP contribution in [0.4, 0.5) is 0 Å². The van der Waals surface area contributed by atoms with Gasteiger partial charge in [0.15, 0.2) is 6.04 Å². The number of benzene rings is 1. The highest BCUT2D eigenvalue weighted by atomic mass is 32.2. The van der Waals surface area contributed by atoms with Crippen molar-refractivity contribution >= 4 is 46.3 Å². The standard InChI is InChI=1S/C16H15NO4S2/c1-10(7-11-5-3-2-4-6-11)8-13-14(19)17(16(22)23-13)12(9-18)15(20)21/h2-8,12,18H,9H2,1H3,(H,20,21)/b10-7+,13-8-/t12-/m1/s1. The van der Waals surface area contributed by atoms with Gasteiger partial charge in [0.25, 0.3) is 5.91 Å². The van der Waals surface area contributed by atoms with Gasteiger partial charge in [0.2, 0.25) is 0 Å². The van der Waals surface area contributed by atoms with Crippen LogP contribution in [0.1, 0.15) is 12.5 Å². The average Bonchev–Trinajstić information content (AvgIpc) is 2.76. The minimum absolute atomic E-state index is 0.134. The lowest BCUT2D eigenvalue weighted by atomic mass is 10.1. The third-order valence-electron chi connectivity index (χ3n) is 3.15. The van der Waals surface area contributed by atoms with Crippen molar-refractivity contribution in [2.24, 2.45) is 0 Å². The van der Waals surface area contributed by atoms with Crippen molar-refractivity contribution in [3.05, 3.63) is 52.4 Å². The van der Waals surface area contributed by atoms with E-state index in [0.717, 1.165) is 27.8 Å². The molecule has 1 aromatic rings. The maximum Gasteiger partial charge on any atom is 0.329 e. The van der Waals surface area contributed by atoms with Crippen LogP contribution in [0.5, 0.6) is 0 Å². The van der Waals surface area contributed by atoms with Crippen LogP contribution in [0.15, 0.2) is 46.9 Å². The van der Waals surface area contributed by atoms with Crippen molar-refractivity contribution in [2.45, 2.75) is 13.0 Å². The van der Waals surface area contributed by atoms with Crippen LogP contribution >= 0.6 is 24.0 Å². The van der Waals surface area contributed by atoms with Crippen LogP contribution in [-0.4, -0.2) is 44.0 Å². The Morgan fingerprint density at radius 1 is 1.39 bits per heavy atom. The van der Waals surface area contributed by atoms with Crippen LogP contribution in [-0.2, 0) is 9.59 Å². The Hall–Kier alpha value is -1.96. The maximum absolute atomic E-state index is 12.4. The molecular weight excluding hydrogens is 334 g/mol. The molecule has 1 aliphatic heterocycles. The van der Waals surface area contributed by atoms with E-state index in [0.29, 0.717) is 4.91 Å². The molecule has 2 N–H and O–H groups in total. The summed E-state index contributed by atoms with van der Waals surface area (Å²) < 4.78 is 0.134. The number of thiocarbonyl (C=S) groups is 1. The van der Waals surface area contributed by atoms with E-state index in [-0.39, 0.29) is 4.32 Å². The molecule has 120 valence electrons. The molecule has 0 aromatic heterocycles. The highest BCUT2D eigenvalue weighted by Crippen LogP contribution is 2.33. The zero-order chi connectivity index (χ0) is 17.0. The van der Waals surface area contributed by atoms with Gasteiger partial charge < -0.3 is 10.2 Å². The monoisotopic (exact) mass is 349 g/mol. The molecule has 1 atom stereocenters. The number of aliphatic carboxylic acids is 1. The van der Waals surface area contributed by atoms with Crippen LogP contribution in [0, 0.1) is 0 Å². The maximum atomic E-state index is 12.4. The minimum Gasteiger partial charge on any atom is -0.480 e. The second-order valence-electron chi connectivity index (χ2n) is 4.89. The molecule has 0 unspecified atom stereocenters. The molecule has 2 rings (SSSR count). The smallest absolute Gasteiger partial charge is 0.329 e. The Bertz CT molecular complexity index is 697. The number of carboxylic acids is 1. The molecular formula is C16H15NO4S2. The number of rotatable bonds is 5. The van der Waals surface area contributed by atoms with Gasteiger partial charge in [-0.15, -0.1) is 0 Å². The summed E-state index contributed by atoms with van der Waals surface area (Å²) in [5.74, 6) is -1.79. The van der Waals surface area contributed by atoms with Crippen molar-refractivity contribution in [3.8, 4) is 0 Å². The Balaban J connectivity index is 2.25. The van der Waals surface area contributed by atoms with Crippen molar-refractivity contribution in [2.75, 3.05) is 6.61 Å². The molecule has 0 aliphatic carbocycles. The predicted octanol–water partition coefficient (Wildman–Crippen LogP) is 2.28. The summed E-state index contributed by atoms with van der Waals surface area (Å²) in [6, 6.07) is 8.27. The fourth-order valence-electron chi connectivity index (χ4n) is 2.08. The van der Waals surface area contributed by atoms with E-state index in [1.54, 1.807) is 6.08 Å². The minimum atomic E-state index is -1.35. The first kappa shape index (κ1) is 17.4. The number of allylic oxidation sites excluding steroid dienone is 2. The van der Waals surface area contributed by atoms with Gasteiger partial charge in [-0.1, -0.05) is 60.4 Å². The van der Waals surface area contributed by atoms with Gasteiger partial charge in [0.05, 0.1) is 11.5 Å². The molecule has 0 radical (unpaired) electrons. The first-order valence-electron chi connectivity index (χ1n) is 6.78. The number of hydrogen-bond acceptors (Lipinski definition) is 5. The summed E-state index contributed by atoms with van der Waals surface area (Å²) in [6.07, 6.45) is 3.58. The van der Waals surface area contributed by atoms with Gasteiger partial charge in [-0.05, 0) is 24.1 Å². The second kappa shape index (κ2) is 7.54. The van der Waals surface area contributed by atoms with E-state index in [1.165, 1.54) is 0 Å². The van der Waals surface area contributed by atoms with Gasteiger partial charge in [-0.3, -0.25) is 9.69 Å². The third kappa shape index (κ3) is 4.07. The summed E-state index contributed by atoms with van der Waals surface area (Å²) in [4.78, 5) is 24.8. The quantitative estimate of drug-likeness (QED) is 0.627. The molecule has 5 nitrogen and oxygen atoms in total. The van der Waals surface area contributed by atoms with Gasteiger partial charge in [-0.2, -0.15) is 0 Å². The summed E-state index contributed by atoms with van der Waals surface area (Å²) in [6.45, 7) is 1.16. The van der Waals surface area contributed by atoms with Crippen LogP contribution in [0.25, 0.3) is 6.08 Å². The van der Waals surface area contributed by atoms with E-state index >= 15 is 0 Å². The number of carbonyl (C=O) groups excluding carboxylic acids is 1. The fourth-order valence-corrected chi connectivity index (χ4v) is 3.49. The number of carbonyl (C=O) groups is 2. The van der Waals surface area contributed by atoms with E-state index in [9.17, 15) is 14.7 Å². The van der Waals surface area contributed by atoms with E-state index in [1.807, 2.05) is 43.3 Å². The number of aliphatic hydroxyl groups excluding tert-OH is 1. The van der Waals surface area contributed by atoms with Gasteiger partial charge in [0, 0.05) is 0 Å². The zero-order valence-electron chi connectivity index (χ0n) is 12.3. The molecule has 1 heterocycles. The highest BCUT2D eigenvalue weighted by molar-refractivity contribution is 8.26. The predicted molar refractivity (Wildman–Crippen MR) is 93.7 cm³/mol. The third-order valence-corrected chi connectivity index (χ3v) is 4.48. The van der Waals surface area contributed by atoms with E-state index < -0.39 is 24.5 Å². The topological polar surface area (TPSA) is 77.8 Å². The normalized spacial score (nSPS) is 18.6. The summed E-state index contributed by atoms with van der Waals surface area (Å²) in [5.41, 5.74) is 1.84. The van der Waals surface area contributed by atoms with Crippen molar-refractivity contribution < 1.29 is 19.8 Å². The molecule has 1 aromatic carbocycles. The molecule has 1 fully saturated rings. The number of hydrogen-bond donors (Lipinski definition) is 2. The number of carboxylic acid groups (broad SMARTS) is 1.